The molecule has 2 heterocycles. The molecule has 1 saturated heterocycles. The lowest BCUT2D eigenvalue weighted by Crippen LogP contribution is -2.48. The monoisotopic (exact) mass is 279 g/mol. The van der Waals surface area contributed by atoms with E-state index in [1.54, 1.807) is 0 Å². The summed E-state index contributed by atoms with van der Waals surface area (Å²) in [5, 5.41) is 4.03. The smallest absolute Gasteiger partial charge is 0.231 e. The molecule has 2 aliphatic heterocycles. The summed E-state index contributed by atoms with van der Waals surface area (Å²) >= 11 is 5.45. The van der Waals surface area contributed by atoms with E-state index in [2.05, 4.69) is 22.2 Å². The zero-order valence-electron chi connectivity index (χ0n) is 10.9. The number of benzene rings is 1. The molecule has 1 aromatic rings. The summed E-state index contributed by atoms with van der Waals surface area (Å²) in [6.45, 7) is 4.31. The van der Waals surface area contributed by atoms with Crippen molar-refractivity contribution in [2.24, 2.45) is 0 Å². The maximum Gasteiger partial charge on any atom is 0.231 e. The summed E-state index contributed by atoms with van der Waals surface area (Å²) in [5.41, 5.74) is 0.938. The Bertz CT molecular complexity index is 487. The number of nitrogens with zero attached hydrogens (tertiary/aromatic N) is 2. The van der Waals surface area contributed by atoms with Crippen LogP contribution in [0.3, 0.4) is 0 Å². The van der Waals surface area contributed by atoms with Crippen LogP contribution in [0.25, 0.3) is 0 Å². The van der Waals surface area contributed by atoms with Crippen molar-refractivity contribution in [3.05, 3.63) is 18.2 Å². The van der Waals surface area contributed by atoms with Crippen LogP contribution in [0, 0.1) is 0 Å². The third-order valence-corrected chi connectivity index (χ3v) is 3.77. The van der Waals surface area contributed by atoms with Gasteiger partial charge in [-0.15, -0.1) is 0 Å². The number of rotatable bonds is 1. The lowest BCUT2D eigenvalue weighted by atomic mass is 10.3. The van der Waals surface area contributed by atoms with Crippen LogP contribution in [-0.2, 0) is 0 Å². The third kappa shape index (κ3) is 2.74. The number of piperazine rings is 1. The largest absolute Gasteiger partial charge is 0.454 e. The molecule has 3 rings (SSSR count). The number of likely N-dealkylation sites (N-methyl/N-ethyl adjacent to an activating group) is 1. The quantitative estimate of drug-likeness (QED) is 0.782. The molecule has 2 aliphatic rings. The molecule has 0 aliphatic carbocycles. The van der Waals surface area contributed by atoms with Gasteiger partial charge in [-0.1, -0.05) is 0 Å². The fourth-order valence-electron chi connectivity index (χ4n) is 2.19. The van der Waals surface area contributed by atoms with Gasteiger partial charge in [0.1, 0.15) is 0 Å². The Labute approximate surface area is 118 Å². The number of nitrogens with one attached hydrogen (secondary N) is 1. The van der Waals surface area contributed by atoms with Crippen LogP contribution >= 0.6 is 12.2 Å². The Morgan fingerprint density at radius 1 is 1.16 bits per heavy atom. The molecule has 102 valence electrons. The fourth-order valence-corrected chi connectivity index (χ4v) is 2.49. The maximum absolute atomic E-state index is 5.45. The molecule has 0 bridgehead atoms. The fraction of sp³-hybridized carbons (Fsp3) is 0.462. The van der Waals surface area contributed by atoms with Crippen molar-refractivity contribution in [1.29, 1.82) is 0 Å². The van der Waals surface area contributed by atoms with Crippen molar-refractivity contribution in [2.45, 2.75) is 0 Å². The standard InChI is InChI=1S/C13H17N3O2S/c1-15-4-6-16(7-5-15)13(19)14-10-2-3-11-12(8-10)18-9-17-11/h2-3,8H,4-7,9H2,1H3,(H,14,19). The molecule has 1 aromatic carbocycles. The van der Waals surface area contributed by atoms with Crippen molar-refractivity contribution < 1.29 is 9.47 Å². The van der Waals surface area contributed by atoms with Crippen LogP contribution < -0.4 is 14.8 Å². The second-order valence-electron chi connectivity index (χ2n) is 4.79. The van der Waals surface area contributed by atoms with E-state index in [9.17, 15) is 0 Å². The van der Waals surface area contributed by atoms with E-state index in [4.69, 9.17) is 21.7 Å². The predicted molar refractivity (Wildman–Crippen MR) is 77.9 cm³/mol. The Balaban J connectivity index is 1.63. The van der Waals surface area contributed by atoms with Crippen LogP contribution in [0.5, 0.6) is 11.5 Å². The first-order chi connectivity index (χ1) is 9.22. The summed E-state index contributed by atoms with van der Waals surface area (Å²) in [5.74, 6) is 1.56. The Hall–Kier alpha value is -1.53. The van der Waals surface area contributed by atoms with Gasteiger partial charge in [-0.05, 0) is 31.4 Å². The molecule has 6 heteroatoms. The van der Waals surface area contributed by atoms with Gasteiger partial charge in [-0.3, -0.25) is 0 Å². The molecule has 0 radical (unpaired) electrons. The van der Waals surface area contributed by atoms with E-state index < -0.39 is 0 Å². The van der Waals surface area contributed by atoms with Crippen molar-refractivity contribution in [3.63, 3.8) is 0 Å². The van der Waals surface area contributed by atoms with Crippen molar-refractivity contribution >= 4 is 23.0 Å². The highest BCUT2D eigenvalue weighted by Gasteiger charge is 2.18. The molecule has 0 unspecified atom stereocenters. The average molecular weight is 279 g/mol. The molecule has 1 fully saturated rings. The summed E-state index contributed by atoms with van der Waals surface area (Å²) in [6, 6.07) is 5.78. The molecule has 5 nitrogen and oxygen atoms in total. The number of ether oxygens (including phenoxy) is 2. The lowest BCUT2D eigenvalue weighted by Gasteiger charge is -2.34. The van der Waals surface area contributed by atoms with E-state index in [1.807, 2.05) is 18.2 Å². The minimum Gasteiger partial charge on any atom is -0.454 e. The van der Waals surface area contributed by atoms with Gasteiger partial charge in [0.15, 0.2) is 16.6 Å². The molecule has 19 heavy (non-hydrogen) atoms. The Morgan fingerprint density at radius 2 is 1.89 bits per heavy atom. The van der Waals surface area contributed by atoms with Crippen LogP contribution in [0.2, 0.25) is 0 Å². The molecule has 0 saturated carbocycles. The van der Waals surface area contributed by atoms with Gasteiger partial charge in [-0.2, -0.15) is 0 Å². The molecule has 0 spiro atoms. The number of fused-ring (bicyclic) bond motifs is 1. The first kappa shape index (κ1) is 12.5. The maximum atomic E-state index is 5.45. The van der Waals surface area contributed by atoms with Crippen molar-refractivity contribution in [1.82, 2.24) is 9.80 Å². The molecule has 0 amide bonds. The normalized spacial score (nSPS) is 18.5. The summed E-state index contributed by atoms with van der Waals surface area (Å²) in [4.78, 5) is 4.50. The second kappa shape index (κ2) is 5.22. The summed E-state index contributed by atoms with van der Waals surface area (Å²) in [6.07, 6.45) is 0. The Morgan fingerprint density at radius 3 is 2.68 bits per heavy atom. The van der Waals surface area contributed by atoms with Crippen molar-refractivity contribution in [3.8, 4) is 11.5 Å². The zero-order valence-corrected chi connectivity index (χ0v) is 11.7. The summed E-state index contributed by atoms with van der Waals surface area (Å²) < 4.78 is 10.6. The SMILES string of the molecule is CN1CCN(C(=S)Nc2ccc3c(c2)OCO3)CC1. The van der Waals surface area contributed by atoms with Crippen LogP contribution in [0.15, 0.2) is 18.2 Å². The number of thiocarbonyl (C=S) groups is 1. The minimum absolute atomic E-state index is 0.293. The van der Waals surface area contributed by atoms with Gasteiger partial charge < -0.3 is 24.6 Å². The molecular formula is C13H17N3O2S. The van der Waals surface area contributed by atoms with E-state index in [-0.39, 0.29) is 0 Å². The molecule has 0 atom stereocenters. The first-order valence-electron chi connectivity index (χ1n) is 6.36. The van der Waals surface area contributed by atoms with Crippen molar-refractivity contribution in [2.75, 3.05) is 45.3 Å². The van der Waals surface area contributed by atoms with Crippen LogP contribution in [-0.4, -0.2) is 54.9 Å². The topological polar surface area (TPSA) is 37.0 Å². The van der Waals surface area contributed by atoms with Gasteiger partial charge in [0.2, 0.25) is 6.79 Å². The second-order valence-corrected chi connectivity index (χ2v) is 5.18. The molecule has 0 aromatic heterocycles. The number of anilines is 1. The van der Waals surface area contributed by atoms with E-state index in [0.717, 1.165) is 48.5 Å². The zero-order chi connectivity index (χ0) is 13.2. The summed E-state index contributed by atoms with van der Waals surface area (Å²) in [7, 11) is 2.13. The minimum atomic E-state index is 0.293. The highest BCUT2D eigenvalue weighted by atomic mass is 32.1. The average Bonchev–Trinajstić information content (AvgIpc) is 2.87. The van der Waals surface area contributed by atoms with Crippen LogP contribution in [0.4, 0.5) is 5.69 Å². The highest BCUT2D eigenvalue weighted by molar-refractivity contribution is 7.80. The van der Waals surface area contributed by atoms with E-state index in [1.165, 1.54) is 0 Å². The number of hydrogen-bond donors (Lipinski definition) is 1. The van der Waals surface area contributed by atoms with Gasteiger partial charge in [0, 0.05) is 37.9 Å². The Kier molecular flexibility index (Phi) is 3.44. The first-order valence-corrected chi connectivity index (χ1v) is 6.77. The van der Waals surface area contributed by atoms with Gasteiger partial charge in [-0.25, -0.2) is 0 Å². The number of hydrogen-bond acceptors (Lipinski definition) is 4. The highest BCUT2D eigenvalue weighted by Crippen LogP contribution is 2.34. The van der Waals surface area contributed by atoms with Gasteiger partial charge in [0.25, 0.3) is 0 Å². The lowest BCUT2D eigenvalue weighted by molar-refractivity contribution is 0.174. The molecule has 1 N–H and O–H groups in total. The van der Waals surface area contributed by atoms with Gasteiger partial charge in [0.05, 0.1) is 0 Å². The van der Waals surface area contributed by atoms with E-state index in [0.29, 0.717) is 6.79 Å². The third-order valence-electron chi connectivity index (χ3n) is 3.41. The van der Waals surface area contributed by atoms with E-state index >= 15 is 0 Å². The predicted octanol–water partition coefficient (Wildman–Crippen LogP) is 1.36. The van der Waals surface area contributed by atoms with Gasteiger partial charge >= 0.3 is 0 Å². The molecular weight excluding hydrogens is 262 g/mol. The van der Waals surface area contributed by atoms with Crippen LogP contribution in [0.1, 0.15) is 0 Å².